The predicted molar refractivity (Wildman–Crippen MR) is 115 cm³/mol. The van der Waals surface area contributed by atoms with Crippen molar-refractivity contribution in [2.75, 3.05) is 13.7 Å². The minimum absolute atomic E-state index is 0.0353. The van der Waals surface area contributed by atoms with Gasteiger partial charge in [-0.05, 0) is 45.8 Å². The molecule has 0 amide bonds. The third kappa shape index (κ3) is 4.52. The molecule has 0 bridgehead atoms. The van der Waals surface area contributed by atoms with E-state index < -0.39 is 10.9 Å². The van der Waals surface area contributed by atoms with Gasteiger partial charge in [0, 0.05) is 12.1 Å². The first-order chi connectivity index (χ1) is 14.3. The first-order valence-corrected chi connectivity index (χ1v) is 9.59. The molecule has 0 unspecified atom stereocenters. The summed E-state index contributed by atoms with van der Waals surface area (Å²) in [5.41, 5.74) is 0.732. The minimum Gasteiger partial charge on any atom is -0.493 e. The van der Waals surface area contributed by atoms with Crippen LogP contribution in [0, 0.1) is 10.1 Å². The smallest absolute Gasteiger partial charge is 0.363 e. The summed E-state index contributed by atoms with van der Waals surface area (Å²) in [5.74, 6) is 0.229. The largest absolute Gasteiger partial charge is 0.493 e. The normalized spacial score (nSPS) is 14.3. The molecule has 8 nitrogen and oxygen atoms in total. The van der Waals surface area contributed by atoms with Gasteiger partial charge >= 0.3 is 5.97 Å². The monoisotopic (exact) mass is 492 g/mol. The van der Waals surface area contributed by atoms with Crippen LogP contribution < -0.4 is 9.47 Å². The Morgan fingerprint density at radius 1 is 1.37 bits per heavy atom. The molecule has 3 rings (SSSR count). The van der Waals surface area contributed by atoms with Gasteiger partial charge in [-0.2, -0.15) is 0 Å². The fourth-order valence-electron chi connectivity index (χ4n) is 2.58. The zero-order chi connectivity index (χ0) is 21.8. The third-order valence-corrected chi connectivity index (χ3v) is 4.82. The number of benzene rings is 2. The number of non-ortho nitro benzene ring substituents is 1. The summed E-state index contributed by atoms with van der Waals surface area (Å²) < 4.78 is 16.7. The van der Waals surface area contributed by atoms with Crippen LogP contribution in [0.25, 0.3) is 6.08 Å². The third-order valence-electron chi connectivity index (χ3n) is 3.92. The second-order valence-electron chi connectivity index (χ2n) is 5.89. The van der Waals surface area contributed by atoms with E-state index in [2.05, 4.69) is 27.5 Å². The van der Waals surface area contributed by atoms with E-state index in [9.17, 15) is 14.9 Å². The average Bonchev–Trinajstić information content (AvgIpc) is 3.06. The van der Waals surface area contributed by atoms with E-state index in [0.717, 1.165) is 0 Å². The van der Waals surface area contributed by atoms with Gasteiger partial charge in [0.05, 0.1) is 27.1 Å². The lowest BCUT2D eigenvalue weighted by Gasteiger charge is -2.12. The number of nitrogens with zero attached hydrogens (tertiary/aromatic N) is 2. The topological polar surface area (TPSA) is 100 Å². The number of hydrogen-bond donors (Lipinski definition) is 0. The van der Waals surface area contributed by atoms with Crippen molar-refractivity contribution in [3.8, 4) is 11.5 Å². The van der Waals surface area contributed by atoms with Crippen molar-refractivity contribution in [2.45, 2.75) is 0 Å². The van der Waals surface area contributed by atoms with E-state index in [1.807, 2.05) is 0 Å². The number of nitro groups is 1. The molecule has 10 heteroatoms. The van der Waals surface area contributed by atoms with Crippen molar-refractivity contribution in [3.63, 3.8) is 0 Å². The van der Waals surface area contributed by atoms with Crippen molar-refractivity contribution in [3.05, 3.63) is 79.4 Å². The van der Waals surface area contributed by atoms with E-state index in [-0.39, 0.29) is 27.9 Å². The van der Waals surface area contributed by atoms with Gasteiger partial charge in [-0.15, -0.1) is 0 Å². The molecule has 1 heterocycles. The molecule has 0 fully saturated rings. The second-order valence-corrected chi connectivity index (χ2v) is 7.15. The van der Waals surface area contributed by atoms with E-state index >= 15 is 0 Å². The van der Waals surface area contributed by atoms with E-state index in [4.69, 9.17) is 25.8 Å². The maximum atomic E-state index is 12.3. The summed E-state index contributed by atoms with van der Waals surface area (Å²) in [4.78, 5) is 26.7. The number of nitro benzene ring substituents is 1. The highest BCUT2D eigenvalue weighted by Crippen LogP contribution is 2.37. The molecule has 2 aromatic carbocycles. The Labute approximate surface area is 184 Å². The van der Waals surface area contributed by atoms with Crippen LogP contribution in [0.3, 0.4) is 0 Å². The van der Waals surface area contributed by atoms with Gasteiger partial charge in [-0.1, -0.05) is 24.3 Å². The van der Waals surface area contributed by atoms with Crippen LogP contribution >= 0.6 is 27.5 Å². The lowest BCUT2D eigenvalue weighted by molar-refractivity contribution is -0.384. The molecule has 1 aliphatic rings. The van der Waals surface area contributed by atoms with Gasteiger partial charge in [0.1, 0.15) is 6.61 Å². The quantitative estimate of drug-likeness (QED) is 0.178. The molecule has 0 aromatic heterocycles. The number of aliphatic imine (C=N–C) groups is 1. The maximum absolute atomic E-state index is 12.3. The van der Waals surface area contributed by atoms with Crippen molar-refractivity contribution in [1.29, 1.82) is 0 Å². The Bertz CT molecular complexity index is 1110. The lowest BCUT2D eigenvalue weighted by Crippen LogP contribution is -2.06. The number of ether oxygens (including phenoxy) is 3. The van der Waals surface area contributed by atoms with Crippen LogP contribution in [0.5, 0.6) is 11.5 Å². The number of esters is 1. The molecule has 0 atom stereocenters. The number of hydrogen-bond acceptors (Lipinski definition) is 7. The van der Waals surface area contributed by atoms with E-state index in [1.165, 1.54) is 31.4 Å². The number of carbonyl (C=O) groups excluding carboxylic acids is 1. The van der Waals surface area contributed by atoms with Crippen LogP contribution in [-0.2, 0) is 9.53 Å². The first-order valence-electron chi connectivity index (χ1n) is 8.42. The standard InChI is InChI=1S/C20H14BrClN2O6/c1-3-6-29-18-14(21)7-11(9-17(18)28-2)8-16-20(25)30-19(23-16)13-5-4-12(24(26)27)10-15(13)22/h3-5,7-10H,1,6H2,2H3/b16-8-. The molecule has 0 saturated heterocycles. The summed E-state index contributed by atoms with van der Waals surface area (Å²) in [6, 6.07) is 7.20. The molecule has 0 saturated carbocycles. The molecular weight excluding hydrogens is 480 g/mol. The molecule has 0 spiro atoms. The zero-order valence-electron chi connectivity index (χ0n) is 15.6. The number of halogens is 2. The molecule has 2 aromatic rings. The first kappa shape index (κ1) is 21.5. The van der Waals surface area contributed by atoms with Crippen molar-refractivity contribution < 1.29 is 23.9 Å². The van der Waals surface area contributed by atoms with Crippen LogP contribution in [0.1, 0.15) is 11.1 Å². The minimum atomic E-state index is -0.679. The highest BCUT2D eigenvalue weighted by molar-refractivity contribution is 9.10. The Morgan fingerprint density at radius 2 is 2.13 bits per heavy atom. The SMILES string of the molecule is C=CCOc1c(Br)cc(/C=C2\N=C(c3ccc([N+](=O)[O-])cc3Cl)OC2=O)cc1OC. The van der Waals surface area contributed by atoms with Crippen LogP contribution in [-0.4, -0.2) is 30.5 Å². The summed E-state index contributed by atoms with van der Waals surface area (Å²) in [6.45, 7) is 3.90. The van der Waals surface area contributed by atoms with Gasteiger partial charge in [0.25, 0.3) is 5.69 Å². The van der Waals surface area contributed by atoms with E-state index in [0.29, 0.717) is 28.1 Å². The van der Waals surface area contributed by atoms with Crippen LogP contribution in [0.15, 0.2) is 58.1 Å². The zero-order valence-corrected chi connectivity index (χ0v) is 17.9. The number of methoxy groups -OCH3 is 1. The summed E-state index contributed by atoms with van der Waals surface area (Å²) >= 11 is 9.51. The molecule has 154 valence electrons. The van der Waals surface area contributed by atoms with Gasteiger partial charge in [-0.25, -0.2) is 9.79 Å². The number of carbonyl (C=O) groups is 1. The molecule has 1 aliphatic heterocycles. The lowest BCUT2D eigenvalue weighted by atomic mass is 10.1. The van der Waals surface area contributed by atoms with Crippen molar-refractivity contribution in [1.82, 2.24) is 0 Å². The molecule has 0 N–H and O–H groups in total. The average molecular weight is 494 g/mol. The molecular formula is C20H14BrClN2O6. The second kappa shape index (κ2) is 9.10. The van der Waals surface area contributed by atoms with Gasteiger partial charge in [0.15, 0.2) is 17.2 Å². The molecule has 30 heavy (non-hydrogen) atoms. The van der Waals surface area contributed by atoms with Gasteiger partial charge < -0.3 is 14.2 Å². The van der Waals surface area contributed by atoms with Crippen LogP contribution in [0.2, 0.25) is 5.02 Å². The maximum Gasteiger partial charge on any atom is 0.363 e. The Kier molecular flexibility index (Phi) is 6.53. The fraction of sp³-hybridized carbons (Fsp3) is 0.100. The predicted octanol–water partition coefficient (Wildman–Crippen LogP) is 4.93. The number of rotatable bonds is 7. The Balaban J connectivity index is 1.95. The molecule has 0 radical (unpaired) electrons. The van der Waals surface area contributed by atoms with Crippen molar-refractivity contribution >= 4 is 51.2 Å². The Hall–Kier alpha value is -3.17. The Morgan fingerprint density at radius 3 is 2.77 bits per heavy atom. The van der Waals surface area contributed by atoms with Gasteiger partial charge in [-0.3, -0.25) is 10.1 Å². The summed E-state index contributed by atoms with van der Waals surface area (Å²) in [5, 5.41) is 10.9. The summed E-state index contributed by atoms with van der Waals surface area (Å²) in [6.07, 6.45) is 3.12. The van der Waals surface area contributed by atoms with Crippen molar-refractivity contribution in [2.24, 2.45) is 4.99 Å². The summed E-state index contributed by atoms with van der Waals surface area (Å²) in [7, 11) is 1.50. The number of cyclic esters (lactones) is 1. The molecule has 0 aliphatic carbocycles. The van der Waals surface area contributed by atoms with Crippen LogP contribution in [0.4, 0.5) is 5.69 Å². The van der Waals surface area contributed by atoms with Gasteiger partial charge in [0.2, 0.25) is 5.90 Å². The highest BCUT2D eigenvalue weighted by atomic mass is 79.9. The highest BCUT2D eigenvalue weighted by Gasteiger charge is 2.26. The van der Waals surface area contributed by atoms with E-state index in [1.54, 1.807) is 18.2 Å². The fourth-order valence-corrected chi connectivity index (χ4v) is 3.41.